The second-order valence-electron chi connectivity index (χ2n) is 6.27. The topological polar surface area (TPSA) is 53.3 Å². The van der Waals surface area contributed by atoms with E-state index in [1.54, 1.807) is 6.92 Å². The molecule has 2 aromatic rings. The number of hydrogen-bond donors (Lipinski definition) is 0. The summed E-state index contributed by atoms with van der Waals surface area (Å²) in [5.41, 5.74) is 4.36. The standard InChI is InChI=1S/C22H18N2O2/c1-2-26-22(25)21-19(16-9-4-3-5-10-16)18(14-23)20-17-11-7-6-8-15(17)12-13-24(20)21/h3-13,19,21H,2H2,1H3/t19-,21-/m1/s1. The summed E-state index contributed by atoms with van der Waals surface area (Å²) < 4.78 is 5.36. The van der Waals surface area contributed by atoms with Crippen molar-refractivity contribution in [3.8, 4) is 6.07 Å². The monoisotopic (exact) mass is 342 g/mol. The van der Waals surface area contributed by atoms with Crippen LogP contribution >= 0.6 is 0 Å². The van der Waals surface area contributed by atoms with Crippen molar-refractivity contribution < 1.29 is 9.53 Å². The third-order valence-corrected chi connectivity index (χ3v) is 4.88. The maximum Gasteiger partial charge on any atom is 0.330 e. The Labute approximate surface area is 152 Å². The molecule has 0 aromatic heterocycles. The number of ether oxygens (including phenoxy) is 1. The first kappa shape index (κ1) is 16.2. The molecule has 128 valence electrons. The van der Waals surface area contributed by atoms with Gasteiger partial charge in [0.2, 0.25) is 0 Å². The summed E-state index contributed by atoms with van der Waals surface area (Å²) in [5, 5.41) is 9.98. The minimum absolute atomic E-state index is 0.308. The van der Waals surface area contributed by atoms with E-state index in [4.69, 9.17) is 4.74 Å². The van der Waals surface area contributed by atoms with E-state index >= 15 is 0 Å². The lowest BCUT2D eigenvalue weighted by atomic mass is 9.87. The fourth-order valence-corrected chi connectivity index (χ4v) is 3.82. The quantitative estimate of drug-likeness (QED) is 0.793. The second kappa shape index (κ2) is 6.53. The smallest absolute Gasteiger partial charge is 0.330 e. The van der Waals surface area contributed by atoms with Crippen molar-refractivity contribution in [2.75, 3.05) is 6.61 Å². The van der Waals surface area contributed by atoms with Gasteiger partial charge in [-0.1, -0.05) is 54.6 Å². The SMILES string of the molecule is CCOC(=O)[C@H]1[C@H](c2ccccc2)C(C#N)=C2c3ccccc3C=CN21. The van der Waals surface area contributed by atoms with Crippen LogP contribution in [0.2, 0.25) is 0 Å². The zero-order valence-electron chi connectivity index (χ0n) is 14.4. The summed E-state index contributed by atoms with van der Waals surface area (Å²) in [6, 6.07) is 19.4. The molecule has 0 saturated carbocycles. The number of hydrogen-bond acceptors (Lipinski definition) is 4. The average Bonchev–Trinajstić information content (AvgIpc) is 3.03. The summed E-state index contributed by atoms with van der Waals surface area (Å²) in [7, 11) is 0. The van der Waals surface area contributed by atoms with E-state index in [-0.39, 0.29) is 11.9 Å². The lowest BCUT2D eigenvalue weighted by Gasteiger charge is -2.30. The zero-order chi connectivity index (χ0) is 18.1. The van der Waals surface area contributed by atoms with E-state index in [9.17, 15) is 10.1 Å². The minimum Gasteiger partial charge on any atom is -0.464 e. The lowest BCUT2D eigenvalue weighted by molar-refractivity contribution is -0.147. The molecule has 2 heterocycles. The van der Waals surface area contributed by atoms with Gasteiger partial charge in [0.25, 0.3) is 0 Å². The molecule has 0 fully saturated rings. The van der Waals surface area contributed by atoms with Crippen LogP contribution in [0.15, 0.2) is 66.4 Å². The van der Waals surface area contributed by atoms with E-state index in [1.807, 2.05) is 71.8 Å². The first-order valence-electron chi connectivity index (χ1n) is 8.68. The van der Waals surface area contributed by atoms with Crippen LogP contribution in [-0.4, -0.2) is 23.5 Å². The third kappa shape index (κ3) is 2.41. The number of fused-ring (bicyclic) bond motifs is 3. The molecule has 2 aliphatic rings. The van der Waals surface area contributed by atoms with Gasteiger partial charge in [-0.15, -0.1) is 0 Å². The van der Waals surface area contributed by atoms with E-state index in [0.717, 1.165) is 22.4 Å². The summed E-state index contributed by atoms with van der Waals surface area (Å²) in [4.78, 5) is 14.7. The Kier molecular flexibility index (Phi) is 4.06. The predicted octanol–water partition coefficient (Wildman–Crippen LogP) is 3.94. The summed E-state index contributed by atoms with van der Waals surface area (Å²) in [6.45, 7) is 2.10. The minimum atomic E-state index is -0.577. The highest BCUT2D eigenvalue weighted by Gasteiger charge is 2.47. The van der Waals surface area contributed by atoms with Gasteiger partial charge in [0, 0.05) is 11.8 Å². The van der Waals surface area contributed by atoms with Gasteiger partial charge < -0.3 is 9.64 Å². The Morgan fingerprint density at radius 1 is 1.15 bits per heavy atom. The van der Waals surface area contributed by atoms with Gasteiger partial charge in [0.1, 0.15) is 6.04 Å². The average molecular weight is 342 g/mol. The highest BCUT2D eigenvalue weighted by molar-refractivity contribution is 5.91. The summed E-state index contributed by atoms with van der Waals surface area (Å²) in [6.07, 6.45) is 3.87. The first-order chi connectivity index (χ1) is 12.8. The number of nitriles is 1. The molecule has 0 bridgehead atoms. The van der Waals surface area contributed by atoms with Crippen LogP contribution in [0.4, 0.5) is 0 Å². The number of carbonyl (C=O) groups excluding carboxylic acids is 1. The number of benzene rings is 2. The third-order valence-electron chi connectivity index (χ3n) is 4.88. The van der Waals surface area contributed by atoms with Crippen LogP contribution in [0.1, 0.15) is 29.5 Å². The van der Waals surface area contributed by atoms with E-state index in [2.05, 4.69) is 6.07 Å². The normalized spacial score (nSPS) is 20.4. The Hall–Kier alpha value is -3.32. The van der Waals surface area contributed by atoms with Gasteiger partial charge >= 0.3 is 5.97 Å². The first-order valence-corrected chi connectivity index (χ1v) is 8.68. The molecule has 0 radical (unpaired) electrons. The molecule has 4 rings (SSSR count). The van der Waals surface area contributed by atoms with Crippen molar-refractivity contribution >= 4 is 17.7 Å². The van der Waals surface area contributed by atoms with Gasteiger partial charge in [0.15, 0.2) is 0 Å². The largest absolute Gasteiger partial charge is 0.464 e. The van der Waals surface area contributed by atoms with Crippen molar-refractivity contribution in [3.63, 3.8) is 0 Å². The lowest BCUT2D eigenvalue weighted by Crippen LogP contribution is -2.38. The molecular weight excluding hydrogens is 324 g/mol. The maximum atomic E-state index is 12.8. The molecule has 2 atom stereocenters. The Morgan fingerprint density at radius 3 is 2.62 bits per heavy atom. The van der Waals surface area contributed by atoms with E-state index in [0.29, 0.717) is 12.2 Å². The van der Waals surface area contributed by atoms with Crippen molar-refractivity contribution in [1.82, 2.24) is 4.90 Å². The second-order valence-corrected chi connectivity index (χ2v) is 6.27. The van der Waals surface area contributed by atoms with Gasteiger partial charge in [-0.25, -0.2) is 4.79 Å². The molecule has 0 spiro atoms. The Morgan fingerprint density at radius 2 is 1.88 bits per heavy atom. The molecule has 0 N–H and O–H groups in total. The molecule has 0 amide bonds. The summed E-state index contributed by atoms with van der Waals surface area (Å²) >= 11 is 0. The molecule has 4 heteroatoms. The summed E-state index contributed by atoms with van der Waals surface area (Å²) in [5.74, 6) is -0.667. The molecule has 0 aliphatic carbocycles. The molecule has 0 saturated heterocycles. The molecule has 0 unspecified atom stereocenters. The van der Waals surface area contributed by atoms with Gasteiger partial charge in [0.05, 0.1) is 29.9 Å². The van der Waals surface area contributed by atoms with Gasteiger partial charge in [-0.2, -0.15) is 5.26 Å². The van der Waals surface area contributed by atoms with Crippen molar-refractivity contribution in [2.24, 2.45) is 0 Å². The van der Waals surface area contributed by atoms with E-state index < -0.39 is 6.04 Å². The van der Waals surface area contributed by atoms with E-state index in [1.165, 1.54) is 0 Å². The maximum absolute atomic E-state index is 12.8. The number of carbonyl (C=O) groups is 1. The van der Waals surface area contributed by atoms with Crippen LogP contribution in [0, 0.1) is 11.3 Å². The van der Waals surface area contributed by atoms with Gasteiger partial charge in [-0.3, -0.25) is 0 Å². The van der Waals surface area contributed by atoms with Crippen LogP contribution in [0.3, 0.4) is 0 Å². The predicted molar refractivity (Wildman–Crippen MR) is 99.5 cm³/mol. The number of rotatable bonds is 3. The van der Waals surface area contributed by atoms with Crippen molar-refractivity contribution in [2.45, 2.75) is 18.9 Å². The fraction of sp³-hybridized carbons (Fsp3) is 0.182. The van der Waals surface area contributed by atoms with Crippen LogP contribution in [0.5, 0.6) is 0 Å². The molecular formula is C22H18N2O2. The highest BCUT2D eigenvalue weighted by Crippen LogP contribution is 2.48. The van der Waals surface area contributed by atoms with Crippen molar-refractivity contribution in [1.29, 1.82) is 5.26 Å². The molecule has 26 heavy (non-hydrogen) atoms. The Balaban J connectivity index is 1.94. The number of esters is 1. The van der Waals surface area contributed by atoms with Gasteiger partial charge in [-0.05, 0) is 24.1 Å². The number of nitrogens with zero attached hydrogens (tertiary/aromatic N) is 2. The van der Waals surface area contributed by atoms with Crippen molar-refractivity contribution in [3.05, 3.63) is 83.1 Å². The molecule has 2 aliphatic heterocycles. The van der Waals surface area contributed by atoms with Crippen LogP contribution in [-0.2, 0) is 9.53 Å². The molecule has 2 aromatic carbocycles. The zero-order valence-corrected chi connectivity index (χ0v) is 14.4. The fourth-order valence-electron chi connectivity index (χ4n) is 3.82. The van der Waals surface area contributed by atoms with Crippen LogP contribution in [0.25, 0.3) is 11.8 Å². The van der Waals surface area contributed by atoms with Crippen LogP contribution < -0.4 is 0 Å². The Bertz CT molecular complexity index is 954. The highest BCUT2D eigenvalue weighted by atomic mass is 16.5. The molecule has 4 nitrogen and oxygen atoms in total.